The number of nitrogens with one attached hydrogen (secondary N) is 3. The first-order valence-electron chi connectivity index (χ1n) is 13.8. The number of ether oxygens (including phenoxy) is 4. The minimum Gasteiger partial charge on any atom is -0.493 e. The molecule has 4 rings (SSSR count). The highest BCUT2D eigenvalue weighted by molar-refractivity contribution is 14.1. The number of hydrogen-bond donors (Lipinski definition) is 3. The number of benzene rings is 3. The molecule has 0 radical (unpaired) electrons. The molecule has 46 heavy (non-hydrogen) atoms. The summed E-state index contributed by atoms with van der Waals surface area (Å²) < 4.78 is 24.3. The van der Waals surface area contributed by atoms with Crippen molar-refractivity contribution in [3.8, 4) is 23.3 Å². The third-order valence-corrected chi connectivity index (χ3v) is 7.96. The molecule has 3 aromatic carbocycles. The molecule has 0 aromatic heterocycles. The molecule has 0 saturated carbocycles. The summed E-state index contributed by atoms with van der Waals surface area (Å²) in [4.78, 5) is 37.4. The third-order valence-electron chi connectivity index (χ3n) is 6.54. The molecule has 0 aliphatic carbocycles. The Morgan fingerprint density at radius 2 is 1.85 bits per heavy atom. The highest BCUT2D eigenvalue weighted by Gasteiger charge is 2.32. The van der Waals surface area contributed by atoms with Crippen LogP contribution >= 0.6 is 45.2 Å². The lowest BCUT2D eigenvalue weighted by molar-refractivity contribution is -0.139. The zero-order chi connectivity index (χ0) is 33.2. The Morgan fingerprint density at radius 3 is 2.54 bits per heavy atom. The first-order valence-corrected chi connectivity index (χ1v) is 16.0. The van der Waals surface area contributed by atoms with Crippen molar-refractivity contribution in [2.24, 2.45) is 5.10 Å². The molecule has 14 heteroatoms. The molecule has 0 bridgehead atoms. The van der Waals surface area contributed by atoms with Crippen molar-refractivity contribution in [1.29, 1.82) is 5.26 Å². The zero-order valence-electron chi connectivity index (χ0n) is 25.0. The molecule has 3 amide bonds. The van der Waals surface area contributed by atoms with Crippen molar-refractivity contribution in [3.05, 3.63) is 95.3 Å². The van der Waals surface area contributed by atoms with E-state index < -0.39 is 23.9 Å². The van der Waals surface area contributed by atoms with Crippen LogP contribution in [0.1, 0.15) is 42.1 Å². The van der Waals surface area contributed by atoms with Crippen molar-refractivity contribution in [1.82, 2.24) is 16.1 Å². The molecule has 1 aliphatic rings. The van der Waals surface area contributed by atoms with Gasteiger partial charge in [0.2, 0.25) is 0 Å². The van der Waals surface area contributed by atoms with Gasteiger partial charge in [-0.05, 0) is 107 Å². The summed E-state index contributed by atoms with van der Waals surface area (Å²) in [5, 5.41) is 18.4. The van der Waals surface area contributed by atoms with Crippen LogP contribution in [-0.2, 0) is 20.9 Å². The molecule has 1 atom stereocenters. The van der Waals surface area contributed by atoms with Crippen molar-refractivity contribution in [2.75, 3.05) is 20.3 Å². The van der Waals surface area contributed by atoms with E-state index in [-0.39, 0.29) is 31.1 Å². The molecule has 1 aliphatic heterocycles. The van der Waals surface area contributed by atoms with Gasteiger partial charge in [0.15, 0.2) is 18.1 Å². The fourth-order valence-corrected chi connectivity index (χ4v) is 6.46. The summed E-state index contributed by atoms with van der Waals surface area (Å²) in [7, 11) is 1.44. The average molecular weight is 849 g/mol. The van der Waals surface area contributed by atoms with Crippen LogP contribution < -0.4 is 30.3 Å². The van der Waals surface area contributed by atoms with Gasteiger partial charge in [0.25, 0.3) is 5.91 Å². The van der Waals surface area contributed by atoms with E-state index in [2.05, 4.69) is 72.4 Å². The topological polar surface area (TPSA) is 160 Å². The standard InChI is InChI=1S/C32H29I2N5O7/c1-4-44-31(41)28-18(2)37-32(42)38-29(28)21-9-10-25(26(12-21)43-3)45-17-27(40)39-36-15-22-11-23(33)13-24(34)30(22)46-16-20-7-5-19(14-35)6-8-20/h5-13,15,29H,4,16-17H2,1-3H3,(H,39,40)(H2,37,38,42)/b36-15+/t29-/m1/s1. The second-order valence-corrected chi connectivity index (χ2v) is 12.1. The van der Waals surface area contributed by atoms with Crippen LogP contribution in [0.4, 0.5) is 4.79 Å². The fourth-order valence-electron chi connectivity index (χ4n) is 4.42. The summed E-state index contributed by atoms with van der Waals surface area (Å²) in [6.45, 7) is 3.42. The number of nitrogens with zero attached hydrogens (tertiary/aromatic N) is 2. The van der Waals surface area contributed by atoms with E-state index in [9.17, 15) is 14.4 Å². The predicted molar refractivity (Wildman–Crippen MR) is 185 cm³/mol. The van der Waals surface area contributed by atoms with E-state index in [1.165, 1.54) is 13.3 Å². The number of methoxy groups -OCH3 is 1. The normalized spacial score (nSPS) is 14.2. The maximum atomic E-state index is 12.6. The Balaban J connectivity index is 1.41. The first kappa shape index (κ1) is 34.5. The number of hydrazone groups is 1. The minimum absolute atomic E-state index is 0.178. The molecule has 0 unspecified atom stereocenters. The number of nitriles is 1. The average Bonchev–Trinajstić information content (AvgIpc) is 3.03. The van der Waals surface area contributed by atoms with Gasteiger partial charge in [-0.25, -0.2) is 15.0 Å². The van der Waals surface area contributed by atoms with Crippen molar-refractivity contribution in [3.63, 3.8) is 0 Å². The van der Waals surface area contributed by atoms with E-state index >= 15 is 0 Å². The Bertz CT molecular complexity index is 1740. The molecule has 238 valence electrons. The Kier molecular flexibility index (Phi) is 12.2. The van der Waals surface area contributed by atoms with Crippen molar-refractivity contribution < 1.29 is 33.3 Å². The lowest BCUT2D eigenvalue weighted by Gasteiger charge is -2.28. The van der Waals surface area contributed by atoms with Gasteiger partial charge in [-0.15, -0.1) is 0 Å². The second-order valence-electron chi connectivity index (χ2n) is 9.69. The highest BCUT2D eigenvalue weighted by atomic mass is 127. The SMILES string of the molecule is CCOC(=O)C1=C(C)NC(=O)N[C@@H]1c1ccc(OCC(=O)N/N=C/c2cc(I)cc(I)c2OCc2ccc(C#N)cc2)c(OC)c1. The monoisotopic (exact) mass is 849 g/mol. The molecule has 3 aromatic rings. The molecule has 0 fully saturated rings. The van der Waals surface area contributed by atoms with E-state index in [0.717, 1.165) is 12.7 Å². The molecule has 0 spiro atoms. The van der Waals surface area contributed by atoms with Crippen LogP contribution in [0.5, 0.6) is 17.2 Å². The molecular weight excluding hydrogens is 820 g/mol. The Morgan fingerprint density at radius 1 is 1.09 bits per heavy atom. The molecular formula is C32H29I2N5O7. The summed E-state index contributed by atoms with van der Waals surface area (Å²) in [5.41, 5.74) is 5.79. The van der Waals surface area contributed by atoms with Crippen LogP contribution in [0.3, 0.4) is 0 Å². The van der Waals surface area contributed by atoms with Gasteiger partial charge in [-0.3, -0.25) is 4.79 Å². The smallest absolute Gasteiger partial charge is 0.338 e. The number of halogens is 2. The van der Waals surface area contributed by atoms with Crippen molar-refractivity contribution in [2.45, 2.75) is 26.5 Å². The maximum absolute atomic E-state index is 12.6. The summed E-state index contributed by atoms with van der Waals surface area (Å²) >= 11 is 4.37. The number of allylic oxidation sites excluding steroid dienone is 1. The van der Waals surface area contributed by atoms with E-state index in [1.807, 2.05) is 24.3 Å². The number of carbonyl (C=O) groups is 3. The lowest BCUT2D eigenvalue weighted by atomic mass is 9.95. The lowest BCUT2D eigenvalue weighted by Crippen LogP contribution is -2.45. The third kappa shape index (κ3) is 8.88. The molecule has 12 nitrogen and oxygen atoms in total. The number of esters is 1. The van der Waals surface area contributed by atoms with Gasteiger partial charge in [0.1, 0.15) is 12.4 Å². The van der Waals surface area contributed by atoms with E-state index in [4.69, 9.17) is 24.2 Å². The number of carbonyl (C=O) groups excluding carboxylic acids is 3. The Hall–Kier alpha value is -4.37. The van der Waals surface area contributed by atoms with E-state index in [1.54, 1.807) is 44.2 Å². The number of amides is 3. The van der Waals surface area contributed by atoms with Crippen LogP contribution in [0, 0.1) is 18.5 Å². The van der Waals surface area contributed by atoms with Gasteiger partial charge in [0, 0.05) is 14.8 Å². The molecule has 0 saturated heterocycles. The second kappa shape index (κ2) is 16.3. The van der Waals surface area contributed by atoms with Crippen molar-refractivity contribution >= 4 is 69.3 Å². The minimum atomic E-state index is -0.782. The maximum Gasteiger partial charge on any atom is 0.338 e. The predicted octanol–water partition coefficient (Wildman–Crippen LogP) is 5.08. The first-order chi connectivity index (χ1) is 22.1. The van der Waals surface area contributed by atoms with Crippen LogP contribution in [0.25, 0.3) is 0 Å². The van der Waals surface area contributed by atoms with Crippen LogP contribution in [-0.4, -0.2) is 44.4 Å². The molecule has 3 N–H and O–H groups in total. The number of rotatable bonds is 12. The Labute approximate surface area is 292 Å². The molecule has 1 heterocycles. The summed E-state index contributed by atoms with van der Waals surface area (Å²) in [5.74, 6) is 0.0932. The van der Waals surface area contributed by atoms with Gasteiger partial charge in [-0.1, -0.05) is 18.2 Å². The zero-order valence-corrected chi connectivity index (χ0v) is 29.3. The van der Waals surface area contributed by atoms with Gasteiger partial charge in [0.05, 0.1) is 46.7 Å². The van der Waals surface area contributed by atoms with Gasteiger partial charge in [-0.2, -0.15) is 10.4 Å². The van der Waals surface area contributed by atoms with E-state index in [0.29, 0.717) is 33.9 Å². The van der Waals surface area contributed by atoms with Crippen LogP contribution in [0.2, 0.25) is 0 Å². The summed E-state index contributed by atoms with van der Waals surface area (Å²) in [6, 6.07) is 16.7. The number of urea groups is 1. The highest BCUT2D eigenvalue weighted by Crippen LogP contribution is 2.34. The fraction of sp³-hybridized carbons (Fsp3) is 0.219. The van der Waals surface area contributed by atoms with Gasteiger partial charge >= 0.3 is 12.0 Å². The van der Waals surface area contributed by atoms with Gasteiger partial charge < -0.3 is 29.6 Å². The quantitative estimate of drug-likeness (QED) is 0.0986. The largest absolute Gasteiger partial charge is 0.493 e. The summed E-state index contributed by atoms with van der Waals surface area (Å²) in [6.07, 6.45) is 1.50. The number of hydrogen-bond acceptors (Lipinski definition) is 9. The van der Waals surface area contributed by atoms with Crippen LogP contribution in [0.15, 0.2) is 71.0 Å².